The Kier molecular flexibility index (Phi) is 39.7. The molecule has 0 fully saturated rings. The molecule has 11 nitrogen and oxygen atoms in total. The maximum Gasteiger partial charge on any atom is 0.472 e. The maximum atomic E-state index is 12.6. The lowest BCUT2D eigenvalue weighted by Gasteiger charge is -2.20. The first-order valence-corrected chi connectivity index (χ1v) is 23.8. The molecule has 0 aliphatic rings. The van der Waals surface area contributed by atoms with Crippen LogP contribution in [0.25, 0.3) is 0 Å². The highest BCUT2D eigenvalue weighted by Gasteiger charge is 2.27. The number of carbonyl (C=O) groups is 2. The van der Waals surface area contributed by atoms with Gasteiger partial charge in [0.15, 0.2) is 6.10 Å². The van der Waals surface area contributed by atoms with E-state index in [4.69, 9.17) is 19.1 Å². The van der Waals surface area contributed by atoms with Crippen molar-refractivity contribution in [1.82, 2.24) is 0 Å². The van der Waals surface area contributed by atoms with Gasteiger partial charge in [-0.1, -0.05) is 152 Å². The number of aliphatic hydroxyl groups excluding tert-OH is 3. The minimum Gasteiger partial charge on any atom is -0.462 e. The summed E-state index contributed by atoms with van der Waals surface area (Å²) < 4.78 is 32.6. The second kappa shape index (κ2) is 41.4. The van der Waals surface area contributed by atoms with Crippen molar-refractivity contribution in [3.63, 3.8) is 0 Å². The summed E-state index contributed by atoms with van der Waals surface area (Å²) in [5.74, 6) is -1.02. The van der Waals surface area contributed by atoms with Gasteiger partial charge in [-0.2, -0.15) is 0 Å². The van der Waals surface area contributed by atoms with Crippen molar-refractivity contribution in [2.45, 2.75) is 193 Å². The van der Waals surface area contributed by atoms with Crippen LogP contribution in [0, 0.1) is 0 Å². The van der Waals surface area contributed by atoms with E-state index in [2.05, 4.69) is 54.8 Å². The summed E-state index contributed by atoms with van der Waals surface area (Å²) in [6, 6.07) is 0. The lowest BCUT2D eigenvalue weighted by Crippen LogP contribution is -2.29. The summed E-state index contributed by atoms with van der Waals surface area (Å²) in [6.45, 7) is 2.14. The first-order chi connectivity index (χ1) is 28.1. The molecule has 0 saturated carbocycles. The molecule has 0 spiro atoms. The van der Waals surface area contributed by atoms with Crippen LogP contribution in [0.5, 0.6) is 0 Å². The Morgan fingerprint density at radius 1 is 0.569 bits per heavy atom. The third kappa shape index (κ3) is 40.4. The number of phosphoric ester groups is 1. The molecule has 0 amide bonds. The molecule has 0 aliphatic carbocycles. The van der Waals surface area contributed by atoms with Gasteiger partial charge in [-0.05, 0) is 70.6 Å². The lowest BCUT2D eigenvalue weighted by molar-refractivity contribution is -0.161. The molecule has 4 N–H and O–H groups in total. The minimum atomic E-state index is -4.64. The van der Waals surface area contributed by atoms with Gasteiger partial charge < -0.3 is 29.7 Å². The topological polar surface area (TPSA) is 169 Å². The van der Waals surface area contributed by atoms with Gasteiger partial charge in [0.2, 0.25) is 0 Å². The van der Waals surface area contributed by atoms with Crippen molar-refractivity contribution in [2.24, 2.45) is 0 Å². The molecule has 0 heterocycles. The van der Waals surface area contributed by atoms with Crippen molar-refractivity contribution in [3.05, 3.63) is 60.8 Å². The second-order valence-electron chi connectivity index (χ2n) is 14.9. The zero-order chi connectivity index (χ0) is 42.8. The Morgan fingerprint density at radius 2 is 1.05 bits per heavy atom. The van der Waals surface area contributed by atoms with Crippen LogP contribution in [0.1, 0.15) is 174 Å². The number of hydrogen-bond donors (Lipinski definition) is 4. The van der Waals surface area contributed by atoms with Gasteiger partial charge in [0.05, 0.1) is 25.9 Å². The van der Waals surface area contributed by atoms with Crippen LogP contribution in [0.3, 0.4) is 0 Å². The number of esters is 2. The third-order valence-corrected chi connectivity index (χ3v) is 10.2. The zero-order valence-corrected chi connectivity index (χ0v) is 37.0. The highest BCUT2D eigenvalue weighted by atomic mass is 31.2. The quantitative estimate of drug-likeness (QED) is 0.0200. The number of aliphatic hydroxyl groups is 3. The van der Waals surface area contributed by atoms with E-state index in [1.165, 1.54) is 57.8 Å². The first kappa shape index (κ1) is 55.6. The highest BCUT2D eigenvalue weighted by molar-refractivity contribution is 7.47. The summed E-state index contributed by atoms with van der Waals surface area (Å²) in [5, 5.41) is 28.1. The molecule has 0 aromatic heterocycles. The molecule has 0 radical (unpaired) electrons. The van der Waals surface area contributed by atoms with E-state index in [1.54, 1.807) is 0 Å². The molecule has 0 bridgehead atoms. The smallest absolute Gasteiger partial charge is 0.462 e. The van der Waals surface area contributed by atoms with E-state index < -0.39 is 51.8 Å². The van der Waals surface area contributed by atoms with Crippen LogP contribution < -0.4 is 0 Å². The number of rotatable bonds is 41. The average molecular weight is 841 g/mol. The molecule has 336 valence electrons. The van der Waals surface area contributed by atoms with Crippen LogP contribution in [-0.4, -0.2) is 76.9 Å². The molecule has 0 saturated heterocycles. The van der Waals surface area contributed by atoms with E-state index in [0.717, 1.165) is 70.6 Å². The predicted molar refractivity (Wildman–Crippen MR) is 234 cm³/mol. The van der Waals surface area contributed by atoms with Crippen LogP contribution in [0.2, 0.25) is 0 Å². The van der Waals surface area contributed by atoms with E-state index in [0.29, 0.717) is 19.3 Å². The number of phosphoric acid groups is 1. The molecule has 0 aliphatic heterocycles. The Hall–Kier alpha value is -2.37. The number of unbranched alkanes of at least 4 members (excludes halogenated alkanes) is 15. The fourth-order valence-electron chi connectivity index (χ4n) is 5.70. The molecule has 0 aromatic rings. The second-order valence-corrected chi connectivity index (χ2v) is 16.3. The van der Waals surface area contributed by atoms with Crippen LogP contribution >= 0.6 is 7.82 Å². The number of ether oxygens (including phenoxy) is 2. The molecular weight excluding hydrogens is 759 g/mol. The maximum absolute atomic E-state index is 12.6. The van der Waals surface area contributed by atoms with Gasteiger partial charge >= 0.3 is 19.8 Å². The van der Waals surface area contributed by atoms with E-state index in [9.17, 15) is 29.3 Å². The first-order valence-electron chi connectivity index (χ1n) is 22.3. The van der Waals surface area contributed by atoms with Crippen molar-refractivity contribution in [3.8, 4) is 0 Å². The zero-order valence-electron chi connectivity index (χ0n) is 36.1. The summed E-state index contributed by atoms with van der Waals surface area (Å²) in [6.07, 6.45) is 42.4. The molecule has 1 unspecified atom stereocenters. The fourth-order valence-corrected chi connectivity index (χ4v) is 6.49. The summed E-state index contributed by atoms with van der Waals surface area (Å²) >= 11 is 0. The van der Waals surface area contributed by atoms with Gasteiger partial charge in [-0.15, -0.1) is 0 Å². The molecule has 4 atom stereocenters. The van der Waals surface area contributed by atoms with Gasteiger partial charge in [-0.25, -0.2) is 4.57 Å². The number of allylic oxidation sites excluding steroid dienone is 9. The number of hydrogen-bond acceptors (Lipinski definition) is 10. The van der Waals surface area contributed by atoms with Crippen molar-refractivity contribution in [2.75, 3.05) is 26.4 Å². The summed E-state index contributed by atoms with van der Waals surface area (Å²) in [5.41, 5.74) is 0. The molecule has 0 rings (SSSR count). The number of carbonyl (C=O) groups excluding carboxylic acids is 2. The van der Waals surface area contributed by atoms with Crippen LogP contribution in [0.4, 0.5) is 0 Å². The largest absolute Gasteiger partial charge is 0.472 e. The summed E-state index contributed by atoms with van der Waals surface area (Å²) in [4.78, 5) is 35.0. The van der Waals surface area contributed by atoms with E-state index >= 15 is 0 Å². The normalized spacial score (nSPS) is 14.9. The van der Waals surface area contributed by atoms with Crippen molar-refractivity contribution >= 4 is 19.8 Å². The lowest BCUT2D eigenvalue weighted by atomic mass is 10.1. The molecule has 12 heteroatoms. The van der Waals surface area contributed by atoms with Crippen LogP contribution in [0.15, 0.2) is 60.8 Å². The van der Waals surface area contributed by atoms with E-state index in [1.807, 2.05) is 24.3 Å². The van der Waals surface area contributed by atoms with Crippen molar-refractivity contribution in [1.29, 1.82) is 0 Å². The van der Waals surface area contributed by atoms with E-state index in [-0.39, 0.29) is 25.6 Å². The van der Waals surface area contributed by atoms with Crippen LogP contribution in [-0.2, 0) is 32.7 Å². The average Bonchev–Trinajstić information content (AvgIpc) is 3.21. The summed E-state index contributed by atoms with van der Waals surface area (Å²) in [7, 11) is -4.64. The Bertz CT molecular complexity index is 1170. The van der Waals surface area contributed by atoms with Gasteiger partial charge in [0.25, 0.3) is 0 Å². The monoisotopic (exact) mass is 841 g/mol. The molecular formula is C46H81O11P. The Morgan fingerprint density at radius 3 is 1.66 bits per heavy atom. The Labute approximate surface area is 351 Å². The standard InChI is InChI=1S/C46H81O11P/c1-3-5-7-8-9-10-11-12-13-14-15-16-21-24-27-30-33-37-46(51)57-44(41-56-58(52,53)55-39-43(49)38-47)40-54-45(50)36-32-29-26-23-20-18-17-19-22-25-28-31-35-42(48)34-6-4-2/h12-13,17-18,22-23,25-26,31,35,42-44,47-49H,3-11,14-16,19-21,24,27-30,32-34,36-41H2,1-2H3,(H,52,53)/b13-12-,18-17-,25-22-,26-23-,35-31-/t42-,43-,44+/m0/s1. The van der Waals surface area contributed by atoms with Gasteiger partial charge in [0, 0.05) is 12.8 Å². The Balaban J connectivity index is 4.41. The molecule has 0 aromatic carbocycles. The van der Waals surface area contributed by atoms with Crippen molar-refractivity contribution < 1.29 is 52.9 Å². The highest BCUT2D eigenvalue weighted by Crippen LogP contribution is 2.43. The van der Waals surface area contributed by atoms with Gasteiger partial charge in [-0.3, -0.25) is 18.6 Å². The predicted octanol–water partition coefficient (Wildman–Crippen LogP) is 10.9. The van der Waals surface area contributed by atoms with Gasteiger partial charge in [0.1, 0.15) is 12.7 Å². The minimum absolute atomic E-state index is 0.146. The fraction of sp³-hybridized carbons (Fsp3) is 0.739. The molecule has 58 heavy (non-hydrogen) atoms. The SMILES string of the molecule is CCCCCCCC/C=C\CCCCCCCCCC(=O)O[C@H](COC(=O)CCC/C=C\C/C=C\C/C=C\C/C=C\[C@@H](O)CCCC)COP(=O)(O)OC[C@@H](O)CO. The third-order valence-electron chi connectivity index (χ3n) is 9.22.